The minimum Gasteiger partial charge on any atom is -0.490 e. The lowest BCUT2D eigenvalue weighted by molar-refractivity contribution is 0.0528. The van der Waals surface area contributed by atoms with Gasteiger partial charge in [-0.25, -0.2) is 4.79 Å². The van der Waals surface area contributed by atoms with Crippen molar-refractivity contribution in [2.45, 2.75) is 34.1 Å². The second kappa shape index (κ2) is 14.9. The summed E-state index contributed by atoms with van der Waals surface area (Å²) in [5.74, 6) is 0.326. The van der Waals surface area contributed by atoms with E-state index in [1.807, 2.05) is 51.1 Å². The van der Waals surface area contributed by atoms with Gasteiger partial charge in [0.1, 0.15) is 5.00 Å². The van der Waals surface area contributed by atoms with Gasteiger partial charge in [0, 0.05) is 16.9 Å². The summed E-state index contributed by atoms with van der Waals surface area (Å²) < 4.78 is 22.3. The molecule has 0 aliphatic rings. The average molecular weight is 572 g/mol. The first-order valence-corrected chi connectivity index (χ1v) is 13.9. The van der Waals surface area contributed by atoms with Gasteiger partial charge in [0.2, 0.25) is 5.75 Å². The number of thiocarbonyl (C=S) groups is 1. The number of carbonyl (C=O) groups excluding carboxylic acids is 2. The van der Waals surface area contributed by atoms with Crippen LogP contribution in [0.1, 0.15) is 58.9 Å². The molecule has 208 valence electrons. The molecule has 0 aliphatic carbocycles. The Morgan fingerprint density at radius 1 is 0.846 bits per heavy atom. The molecule has 0 saturated carbocycles. The Bertz CT molecular complexity index is 1250. The molecule has 3 rings (SSSR count). The van der Waals surface area contributed by atoms with Crippen molar-refractivity contribution in [1.82, 2.24) is 10.9 Å². The van der Waals surface area contributed by atoms with Gasteiger partial charge in [-0.3, -0.25) is 15.6 Å². The second-order valence-corrected chi connectivity index (χ2v) is 9.52. The zero-order valence-corrected chi connectivity index (χ0v) is 24.1. The van der Waals surface area contributed by atoms with Crippen LogP contribution in [-0.4, -0.2) is 43.4 Å². The summed E-state index contributed by atoms with van der Waals surface area (Å²) in [6.07, 6.45) is 0.651. The van der Waals surface area contributed by atoms with E-state index < -0.39 is 11.9 Å². The van der Waals surface area contributed by atoms with Crippen LogP contribution in [0.3, 0.4) is 0 Å². The fourth-order valence-corrected chi connectivity index (χ4v) is 4.92. The lowest BCUT2D eigenvalue weighted by Gasteiger charge is -2.17. The predicted molar refractivity (Wildman–Crippen MR) is 156 cm³/mol. The van der Waals surface area contributed by atoms with Crippen molar-refractivity contribution in [2.24, 2.45) is 0 Å². The van der Waals surface area contributed by atoms with Gasteiger partial charge in [-0.15, -0.1) is 11.3 Å². The summed E-state index contributed by atoms with van der Waals surface area (Å²) in [6, 6.07) is 14.9. The standard InChI is InChI=1S/C28H33N3O6S2/c1-5-34-22-15-19(16-23(35-6-2)24(22)36-7-3)25(32)30-31-28(38)29-26-21(27(33)37-8-4)17-20(39-26)14-18-12-10-9-11-13-18/h9-13,15-17H,5-8,14H2,1-4H3,(H,30,32)(H2,29,31,38). The van der Waals surface area contributed by atoms with Crippen LogP contribution in [-0.2, 0) is 11.2 Å². The number of hydrogen-bond acceptors (Lipinski definition) is 8. The molecule has 0 saturated heterocycles. The number of rotatable bonds is 12. The molecule has 0 spiro atoms. The first kappa shape index (κ1) is 29.7. The number of amides is 1. The van der Waals surface area contributed by atoms with E-state index in [1.54, 1.807) is 25.1 Å². The molecule has 0 bridgehead atoms. The average Bonchev–Trinajstić information content (AvgIpc) is 3.31. The molecule has 0 radical (unpaired) electrons. The van der Waals surface area contributed by atoms with Gasteiger partial charge < -0.3 is 24.3 Å². The maximum absolute atomic E-state index is 13.0. The summed E-state index contributed by atoms with van der Waals surface area (Å²) in [4.78, 5) is 26.5. The number of anilines is 1. The predicted octanol–water partition coefficient (Wildman–Crippen LogP) is 5.34. The molecule has 0 fully saturated rings. The number of ether oxygens (including phenoxy) is 4. The van der Waals surface area contributed by atoms with Crippen LogP contribution in [0.25, 0.3) is 0 Å². The quantitative estimate of drug-likeness (QED) is 0.151. The number of thiophene rings is 1. The molecule has 0 atom stereocenters. The highest BCUT2D eigenvalue weighted by molar-refractivity contribution is 7.80. The van der Waals surface area contributed by atoms with Crippen molar-refractivity contribution >= 4 is 45.5 Å². The summed E-state index contributed by atoms with van der Waals surface area (Å²) >= 11 is 6.78. The Labute approximate surface area is 237 Å². The van der Waals surface area contributed by atoms with Crippen LogP contribution in [0.5, 0.6) is 17.2 Å². The van der Waals surface area contributed by atoms with Crippen molar-refractivity contribution in [3.05, 3.63) is 70.1 Å². The van der Waals surface area contributed by atoms with E-state index in [9.17, 15) is 9.59 Å². The number of carbonyl (C=O) groups is 2. The molecule has 3 N–H and O–H groups in total. The van der Waals surface area contributed by atoms with Gasteiger partial charge in [0.05, 0.1) is 32.0 Å². The maximum atomic E-state index is 13.0. The van der Waals surface area contributed by atoms with Crippen LogP contribution in [0.4, 0.5) is 5.00 Å². The van der Waals surface area contributed by atoms with Crippen molar-refractivity contribution in [3.63, 3.8) is 0 Å². The summed E-state index contributed by atoms with van der Waals surface area (Å²) in [5.41, 5.74) is 7.04. The van der Waals surface area contributed by atoms with E-state index in [4.69, 9.17) is 31.2 Å². The molecule has 39 heavy (non-hydrogen) atoms. The summed E-state index contributed by atoms with van der Waals surface area (Å²) in [5, 5.41) is 3.62. The Hall–Kier alpha value is -3.83. The largest absolute Gasteiger partial charge is 0.490 e. The fraction of sp³-hybridized carbons (Fsp3) is 0.321. The lowest BCUT2D eigenvalue weighted by atomic mass is 10.1. The molecule has 3 aromatic rings. The minimum atomic E-state index is -0.467. The Morgan fingerprint density at radius 2 is 1.49 bits per heavy atom. The second-order valence-electron chi connectivity index (χ2n) is 7.97. The van der Waals surface area contributed by atoms with E-state index in [2.05, 4.69) is 16.2 Å². The minimum absolute atomic E-state index is 0.100. The molecule has 1 amide bonds. The molecular weight excluding hydrogens is 538 g/mol. The van der Waals surface area contributed by atoms with Crippen molar-refractivity contribution in [2.75, 3.05) is 31.7 Å². The maximum Gasteiger partial charge on any atom is 0.341 e. The summed E-state index contributed by atoms with van der Waals surface area (Å²) in [7, 11) is 0. The molecular formula is C28H33N3O6S2. The lowest BCUT2D eigenvalue weighted by Crippen LogP contribution is -2.43. The van der Waals surface area contributed by atoms with Gasteiger partial charge in [0.15, 0.2) is 16.6 Å². The Balaban J connectivity index is 1.73. The molecule has 0 unspecified atom stereocenters. The SMILES string of the molecule is CCOC(=O)c1cc(Cc2ccccc2)sc1NC(=S)NNC(=O)c1cc(OCC)c(OCC)c(OCC)c1. The zero-order valence-electron chi connectivity index (χ0n) is 22.4. The molecule has 2 aromatic carbocycles. The zero-order chi connectivity index (χ0) is 28.2. The van der Waals surface area contributed by atoms with Crippen LogP contribution in [0, 0.1) is 0 Å². The van der Waals surface area contributed by atoms with Crippen molar-refractivity contribution in [3.8, 4) is 17.2 Å². The van der Waals surface area contributed by atoms with Gasteiger partial charge in [-0.1, -0.05) is 30.3 Å². The van der Waals surface area contributed by atoms with E-state index >= 15 is 0 Å². The topological polar surface area (TPSA) is 107 Å². The number of hydrazine groups is 1. The molecule has 1 aromatic heterocycles. The van der Waals surface area contributed by atoms with E-state index in [0.717, 1.165) is 10.4 Å². The number of esters is 1. The van der Waals surface area contributed by atoms with Gasteiger partial charge in [0.25, 0.3) is 5.91 Å². The fourth-order valence-electron chi connectivity index (χ4n) is 3.62. The number of hydrogen-bond donors (Lipinski definition) is 3. The monoisotopic (exact) mass is 571 g/mol. The van der Waals surface area contributed by atoms with Crippen molar-refractivity contribution < 1.29 is 28.5 Å². The van der Waals surface area contributed by atoms with Gasteiger partial charge in [-0.2, -0.15) is 0 Å². The number of nitrogens with one attached hydrogen (secondary N) is 3. The first-order chi connectivity index (χ1) is 18.9. The van der Waals surface area contributed by atoms with E-state index in [0.29, 0.717) is 54.1 Å². The van der Waals surface area contributed by atoms with E-state index in [1.165, 1.54) is 11.3 Å². The highest BCUT2D eigenvalue weighted by Gasteiger charge is 2.20. The van der Waals surface area contributed by atoms with Crippen LogP contribution in [0.15, 0.2) is 48.5 Å². The van der Waals surface area contributed by atoms with Gasteiger partial charge >= 0.3 is 5.97 Å². The third-order valence-corrected chi connectivity index (χ3v) is 6.44. The third-order valence-electron chi connectivity index (χ3n) is 5.19. The summed E-state index contributed by atoms with van der Waals surface area (Å²) in [6.45, 7) is 8.73. The molecule has 11 heteroatoms. The molecule has 1 heterocycles. The van der Waals surface area contributed by atoms with E-state index in [-0.39, 0.29) is 17.3 Å². The molecule has 9 nitrogen and oxygen atoms in total. The van der Waals surface area contributed by atoms with Crippen LogP contribution in [0.2, 0.25) is 0 Å². The van der Waals surface area contributed by atoms with Crippen molar-refractivity contribution in [1.29, 1.82) is 0 Å². The van der Waals surface area contributed by atoms with Crippen LogP contribution >= 0.6 is 23.6 Å². The smallest absolute Gasteiger partial charge is 0.341 e. The highest BCUT2D eigenvalue weighted by atomic mass is 32.1. The van der Waals surface area contributed by atoms with Crippen LogP contribution < -0.4 is 30.4 Å². The highest BCUT2D eigenvalue weighted by Crippen LogP contribution is 2.39. The Morgan fingerprint density at radius 3 is 2.08 bits per heavy atom. The molecule has 0 aliphatic heterocycles. The normalized spacial score (nSPS) is 10.4. The first-order valence-electron chi connectivity index (χ1n) is 12.7. The third kappa shape index (κ3) is 8.33. The number of benzene rings is 2. The van der Waals surface area contributed by atoms with Gasteiger partial charge in [-0.05, 0) is 63.7 Å². The Kier molecular flexibility index (Phi) is 11.4.